The molecule has 2 heterocycles. The smallest absolute Gasteiger partial charge is 0.257 e. The van der Waals surface area contributed by atoms with Gasteiger partial charge in [-0.25, -0.2) is 9.37 Å². The number of aromatic nitrogens is 1. The van der Waals surface area contributed by atoms with Crippen molar-refractivity contribution in [2.24, 2.45) is 0 Å². The Morgan fingerprint density at radius 3 is 2.59 bits per heavy atom. The van der Waals surface area contributed by atoms with Gasteiger partial charge in [-0.2, -0.15) is 0 Å². The van der Waals surface area contributed by atoms with E-state index in [0.717, 1.165) is 36.6 Å². The van der Waals surface area contributed by atoms with Crippen molar-refractivity contribution >= 4 is 17.4 Å². The van der Waals surface area contributed by atoms with Gasteiger partial charge in [0.1, 0.15) is 11.6 Å². The molecular weight excluding hydrogens is 367 g/mol. The van der Waals surface area contributed by atoms with Crippen LogP contribution in [0.15, 0.2) is 72.9 Å². The number of carbonyl (C=O) groups is 1. The molecule has 0 radical (unpaired) electrons. The summed E-state index contributed by atoms with van der Waals surface area (Å²) >= 11 is 0. The summed E-state index contributed by atoms with van der Waals surface area (Å²) in [6.45, 7) is 2.47. The van der Waals surface area contributed by atoms with Gasteiger partial charge in [0, 0.05) is 37.6 Å². The normalized spacial score (nSPS) is 16.0. The third-order valence-corrected chi connectivity index (χ3v) is 5.06. The van der Waals surface area contributed by atoms with E-state index in [1.807, 2.05) is 36.4 Å². The van der Waals surface area contributed by atoms with Crippen LogP contribution in [-0.2, 0) is 6.54 Å². The van der Waals surface area contributed by atoms with Crippen molar-refractivity contribution in [1.82, 2.24) is 10.3 Å². The number of halogens is 1. The number of nitrogens with one attached hydrogen (secondary N) is 2. The predicted octanol–water partition coefficient (Wildman–Crippen LogP) is 3.84. The minimum absolute atomic E-state index is 0.171. The van der Waals surface area contributed by atoms with Gasteiger partial charge in [0.2, 0.25) is 0 Å². The first-order chi connectivity index (χ1) is 14.2. The van der Waals surface area contributed by atoms with Crippen molar-refractivity contribution in [3.63, 3.8) is 0 Å². The fourth-order valence-corrected chi connectivity index (χ4v) is 3.43. The van der Waals surface area contributed by atoms with Gasteiger partial charge in [-0.1, -0.05) is 30.3 Å². The molecule has 1 amide bonds. The molecule has 2 N–H and O–H groups in total. The summed E-state index contributed by atoms with van der Waals surface area (Å²) in [5.41, 5.74) is 2.36. The van der Waals surface area contributed by atoms with Crippen LogP contribution in [0.2, 0.25) is 0 Å². The van der Waals surface area contributed by atoms with Crippen LogP contribution < -0.4 is 15.5 Å². The molecule has 148 valence electrons. The molecule has 1 fully saturated rings. The second-order valence-electron chi connectivity index (χ2n) is 7.16. The zero-order chi connectivity index (χ0) is 20.1. The van der Waals surface area contributed by atoms with Gasteiger partial charge in [-0.3, -0.25) is 4.79 Å². The largest absolute Gasteiger partial charge is 0.355 e. The van der Waals surface area contributed by atoms with E-state index in [1.54, 1.807) is 24.4 Å². The molecule has 2 aromatic carbocycles. The zero-order valence-corrected chi connectivity index (χ0v) is 16.0. The number of benzene rings is 2. The summed E-state index contributed by atoms with van der Waals surface area (Å²) < 4.78 is 13.0. The van der Waals surface area contributed by atoms with Crippen molar-refractivity contribution in [3.8, 4) is 0 Å². The Balaban J connectivity index is 1.30. The maximum atomic E-state index is 13.0. The molecule has 0 unspecified atom stereocenters. The fourth-order valence-electron chi connectivity index (χ4n) is 3.43. The summed E-state index contributed by atoms with van der Waals surface area (Å²) in [5, 5.41) is 6.38. The quantitative estimate of drug-likeness (QED) is 0.671. The zero-order valence-electron chi connectivity index (χ0n) is 16.0. The molecule has 1 aliphatic rings. The molecule has 0 aliphatic carbocycles. The van der Waals surface area contributed by atoms with E-state index in [4.69, 9.17) is 0 Å². The highest BCUT2D eigenvalue weighted by atomic mass is 19.1. The first-order valence-electron chi connectivity index (χ1n) is 9.72. The van der Waals surface area contributed by atoms with E-state index >= 15 is 0 Å². The molecule has 5 nitrogen and oxygen atoms in total. The van der Waals surface area contributed by atoms with Crippen molar-refractivity contribution in [2.45, 2.75) is 19.0 Å². The molecule has 0 bridgehead atoms. The molecule has 1 aliphatic heterocycles. The van der Waals surface area contributed by atoms with Gasteiger partial charge in [0.05, 0.1) is 5.56 Å². The Bertz CT molecular complexity index is 945. The molecule has 1 aromatic heterocycles. The standard InChI is InChI=1S/C23H23FN4O/c24-19-9-6-17(7-10-19)14-25-21-12-13-28(16-21)22-11-8-18(15-26-22)23(29)27-20-4-2-1-3-5-20/h1-11,15,21,25H,12-14,16H2,(H,27,29)/t21-/m1/s1. The SMILES string of the molecule is O=C(Nc1ccccc1)c1ccc(N2CC[C@@H](NCc3ccc(F)cc3)C2)nc1. The van der Waals surface area contributed by atoms with Gasteiger partial charge in [0.15, 0.2) is 0 Å². The van der Waals surface area contributed by atoms with Crippen LogP contribution in [0.5, 0.6) is 0 Å². The lowest BCUT2D eigenvalue weighted by molar-refractivity contribution is 0.102. The molecular formula is C23H23FN4O. The van der Waals surface area contributed by atoms with Crippen molar-refractivity contribution in [2.75, 3.05) is 23.3 Å². The van der Waals surface area contributed by atoms with Crippen molar-refractivity contribution in [3.05, 3.63) is 89.9 Å². The summed E-state index contributed by atoms with van der Waals surface area (Å²) in [6, 6.07) is 20.0. The number of hydrogen-bond acceptors (Lipinski definition) is 4. The fraction of sp³-hybridized carbons (Fsp3) is 0.217. The summed E-state index contributed by atoms with van der Waals surface area (Å²) in [7, 11) is 0. The second kappa shape index (κ2) is 8.84. The Hall–Kier alpha value is -3.25. The Morgan fingerprint density at radius 1 is 1.07 bits per heavy atom. The molecule has 1 atom stereocenters. The van der Waals surface area contributed by atoms with Crippen LogP contribution in [0.1, 0.15) is 22.3 Å². The van der Waals surface area contributed by atoms with Crippen LogP contribution in [0.25, 0.3) is 0 Å². The first kappa shape index (κ1) is 19.1. The molecule has 0 spiro atoms. The molecule has 0 saturated carbocycles. The maximum absolute atomic E-state index is 13.0. The lowest BCUT2D eigenvalue weighted by atomic mass is 10.2. The Morgan fingerprint density at radius 2 is 1.86 bits per heavy atom. The highest BCUT2D eigenvalue weighted by Gasteiger charge is 2.23. The number of para-hydroxylation sites is 1. The van der Waals surface area contributed by atoms with Crippen LogP contribution in [-0.4, -0.2) is 30.0 Å². The third-order valence-electron chi connectivity index (χ3n) is 5.06. The van der Waals surface area contributed by atoms with Gasteiger partial charge < -0.3 is 15.5 Å². The van der Waals surface area contributed by atoms with Crippen molar-refractivity contribution in [1.29, 1.82) is 0 Å². The number of anilines is 2. The van der Waals surface area contributed by atoms with Crippen LogP contribution in [0, 0.1) is 5.82 Å². The Labute approximate surface area is 169 Å². The number of rotatable bonds is 6. The van der Waals surface area contributed by atoms with E-state index in [9.17, 15) is 9.18 Å². The number of nitrogens with zero attached hydrogens (tertiary/aromatic N) is 2. The second-order valence-corrected chi connectivity index (χ2v) is 7.16. The van der Waals surface area contributed by atoms with E-state index in [0.29, 0.717) is 18.2 Å². The topological polar surface area (TPSA) is 57.3 Å². The molecule has 29 heavy (non-hydrogen) atoms. The van der Waals surface area contributed by atoms with E-state index in [1.165, 1.54) is 12.1 Å². The summed E-state index contributed by atoms with van der Waals surface area (Å²) in [4.78, 5) is 19.0. The Kier molecular flexibility index (Phi) is 5.81. The summed E-state index contributed by atoms with van der Waals surface area (Å²) in [5.74, 6) is 0.482. The number of hydrogen-bond donors (Lipinski definition) is 2. The van der Waals surface area contributed by atoms with E-state index in [-0.39, 0.29) is 11.7 Å². The van der Waals surface area contributed by atoms with Crippen molar-refractivity contribution < 1.29 is 9.18 Å². The lowest BCUT2D eigenvalue weighted by Gasteiger charge is -2.18. The van der Waals surface area contributed by atoms with Crippen LogP contribution in [0.3, 0.4) is 0 Å². The van der Waals surface area contributed by atoms with Gasteiger partial charge >= 0.3 is 0 Å². The minimum atomic E-state index is -0.215. The molecule has 4 rings (SSSR count). The van der Waals surface area contributed by atoms with Crippen LogP contribution in [0.4, 0.5) is 15.9 Å². The van der Waals surface area contributed by atoms with Gasteiger partial charge in [-0.05, 0) is 48.4 Å². The summed E-state index contributed by atoms with van der Waals surface area (Å²) in [6.07, 6.45) is 2.63. The monoisotopic (exact) mass is 390 g/mol. The maximum Gasteiger partial charge on any atom is 0.257 e. The van der Waals surface area contributed by atoms with E-state index < -0.39 is 0 Å². The number of amides is 1. The van der Waals surface area contributed by atoms with Crippen LogP contribution >= 0.6 is 0 Å². The average Bonchev–Trinajstić information content (AvgIpc) is 3.23. The number of carbonyl (C=O) groups excluding carboxylic acids is 1. The minimum Gasteiger partial charge on any atom is -0.355 e. The number of pyridine rings is 1. The average molecular weight is 390 g/mol. The highest BCUT2D eigenvalue weighted by molar-refractivity contribution is 6.04. The van der Waals surface area contributed by atoms with E-state index in [2.05, 4.69) is 20.5 Å². The third kappa shape index (κ3) is 4.97. The highest BCUT2D eigenvalue weighted by Crippen LogP contribution is 2.19. The first-order valence-corrected chi connectivity index (χ1v) is 9.72. The molecule has 3 aromatic rings. The molecule has 1 saturated heterocycles. The van der Waals surface area contributed by atoms with Gasteiger partial charge in [0.25, 0.3) is 5.91 Å². The lowest BCUT2D eigenvalue weighted by Crippen LogP contribution is -2.32. The predicted molar refractivity (Wildman–Crippen MR) is 112 cm³/mol. The molecule has 6 heteroatoms. The van der Waals surface area contributed by atoms with Gasteiger partial charge in [-0.15, -0.1) is 0 Å².